The number of fused-ring (bicyclic) bond motifs is 1. The van der Waals surface area contributed by atoms with E-state index in [2.05, 4.69) is 11.9 Å². The zero-order valence-corrected chi connectivity index (χ0v) is 13.6. The second kappa shape index (κ2) is 6.03. The second-order valence-electron chi connectivity index (χ2n) is 6.40. The van der Waals surface area contributed by atoms with Crippen LogP contribution in [0, 0.1) is 12.8 Å². The van der Waals surface area contributed by atoms with Gasteiger partial charge in [-0.05, 0) is 49.4 Å². The minimum absolute atomic E-state index is 0.235. The number of rotatable bonds is 3. The van der Waals surface area contributed by atoms with Crippen molar-refractivity contribution in [1.82, 2.24) is 9.88 Å². The van der Waals surface area contributed by atoms with Crippen molar-refractivity contribution in [2.75, 3.05) is 20.2 Å². The van der Waals surface area contributed by atoms with E-state index in [4.69, 9.17) is 4.74 Å². The van der Waals surface area contributed by atoms with E-state index in [1.807, 2.05) is 30.0 Å². The Morgan fingerprint density at radius 1 is 1.45 bits per heavy atom. The third-order valence-corrected chi connectivity index (χ3v) is 4.66. The van der Waals surface area contributed by atoms with Crippen LogP contribution in [0.25, 0.3) is 10.9 Å². The average Bonchev–Trinajstić information content (AvgIpc) is 2.82. The zero-order valence-electron chi connectivity index (χ0n) is 13.6. The van der Waals surface area contributed by atoms with Crippen LogP contribution in [-0.2, 0) is 11.2 Å². The van der Waals surface area contributed by atoms with Gasteiger partial charge in [-0.2, -0.15) is 0 Å². The molecule has 22 heavy (non-hydrogen) atoms. The summed E-state index contributed by atoms with van der Waals surface area (Å²) in [5, 5.41) is 1.09. The number of carbonyl (C=O) groups excluding carboxylic acids is 1. The van der Waals surface area contributed by atoms with E-state index in [9.17, 15) is 4.79 Å². The van der Waals surface area contributed by atoms with E-state index in [1.165, 1.54) is 6.42 Å². The highest BCUT2D eigenvalue weighted by Gasteiger charge is 2.22. The number of benzene rings is 1. The van der Waals surface area contributed by atoms with E-state index in [1.54, 1.807) is 7.11 Å². The first-order chi connectivity index (χ1) is 10.6. The highest BCUT2D eigenvalue weighted by atomic mass is 16.5. The van der Waals surface area contributed by atoms with Crippen molar-refractivity contribution in [3.63, 3.8) is 0 Å². The van der Waals surface area contributed by atoms with Crippen molar-refractivity contribution < 1.29 is 9.53 Å². The van der Waals surface area contributed by atoms with E-state index in [0.717, 1.165) is 47.4 Å². The Morgan fingerprint density at radius 2 is 2.27 bits per heavy atom. The molecule has 1 aliphatic rings. The molecule has 4 heteroatoms. The summed E-state index contributed by atoms with van der Waals surface area (Å²) >= 11 is 0. The minimum Gasteiger partial charge on any atom is -0.497 e. The molecule has 0 saturated carbocycles. The highest BCUT2D eigenvalue weighted by Crippen LogP contribution is 2.27. The molecule has 1 unspecified atom stereocenters. The average molecular weight is 300 g/mol. The molecule has 0 spiro atoms. The molecule has 118 valence electrons. The Kier molecular flexibility index (Phi) is 4.10. The van der Waals surface area contributed by atoms with Gasteiger partial charge in [-0.1, -0.05) is 6.92 Å². The predicted octanol–water partition coefficient (Wildman–Crippen LogP) is 3.29. The van der Waals surface area contributed by atoms with Crippen molar-refractivity contribution in [3.8, 4) is 5.75 Å². The van der Waals surface area contributed by atoms with Crippen molar-refractivity contribution in [2.24, 2.45) is 5.92 Å². The minimum atomic E-state index is 0.235. The van der Waals surface area contributed by atoms with Crippen molar-refractivity contribution in [2.45, 2.75) is 33.1 Å². The standard InChI is InChI=1S/C18H24N2O2/c1-12-5-4-8-20(11-12)18(21)10-15-13(2)19-17-7-6-14(22-3)9-16(15)17/h6-7,9,12,19H,4-5,8,10-11H2,1-3H3. The summed E-state index contributed by atoms with van der Waals surface area (Å²) in [4.78, 5) is 18.0. The summed E-state index contributed by atoms with van der Waals surface area (Å²) in [5.41, 5.74) is 3.23. The molecular weight excluding hydrogens is 276 g/mol. The van der Waals surface area contributed by atoms with E-state index >= 15 is 0 Å². The number of nitrogens with zero attached hydrogens (tertiary/aromatic N) is 1. The van der Waals surface area contributed by atoms with Crippen LogP contribution in [-0.4, -0.2) is 36.0 Å². The maximum absolute atomic E-state index is 12.6. The van der Waals surface area contributed by atoms with E-state index in [-0.39, 0.29) is 5.91 Å². The van der Waals surface area contributed by atoms with Crippen LogP contribution >= 0.6 is 0 Å². The number of hydrogen-bond donors (Lipinski definition) is 1. The van der Waals surface area contributed by atoms with Gasteiger partial charge in [-0.3, -0.25) is 4.79 Å². The lowest BCUT2D eigenvalue weighted by atomic mass is 9.99. The van der Waals surface area contributed by atoms with Gasteiger partial charge in [0.15, 0.2) is 0 Å². The van der Waals surface area contributed by atoms with Gasteiger partial charge < -0.3 is 14.6 Å². The third-order valence-electron chi connectivity index (χ3n) is 4.66. The number of ether oxygens (including phenoxy) is 1. The number of likely N-dealkylation sites (tertiary alicyclic amines) is 1. The molecule has 3 rings (SSSR count). The molecule has 1 N–H and O–H groups in total. The largest absolute Gasteiger partial charge is 0.497 e. The fourth-order valence-electron chi connectivity index (χ4n) is 3.40. The SMILES string of the molecule is COc1ccc2[nH]c(C)c(CC(=O)N3CCCC(C)C3)c2c1. The molecular formula is C18H24N2O2. The Morgan fingerprint density at radius 3 is 3.00 bits per heavy atom. The Bertz CT molecular complexity index is 690. The normalized spacial score (nSPS) is 18.7. The summed E-state index contributed by atoms with van der Waals surface area (Å²) in [6.07, 6.45) is 2.81. The van der Waals surface area contributed by atoms with Gasteiger partial charge in [0.05, 0.1) is 13.5 Å². The first-order valence-corrected chi connectivity index (χ1v) is 8.01. The monoisotopic (exact) mass is 300 g/mol. The number of aryl methyl sites for hydroxylation is 1. The lowest BCUT2D eigenvalue weighted by molar-refractivity contribution is -0.132. The number of hydrogen-bond acceptors (Lipinski definition) is 2. The number of aromatic nitrogens is 1. The predicted molar refractivity (Wildman–Crippen MR) is 88.3 cm³/mol. The molecule has 2 heterocycles. The molecule has 1 fully saturated rings. The number of H-pyrrole nitrogens is 1. The van der Waals surface area contributed by atoms with Crippen LogP contribution < -0.4 is 4.74 Å². The number of aromatic amines is 1. The zero-order chi connectivity index (χ0) is 15.7. The van der Waals surface area contributed by atoms with Gasteiger partial charge in [-0.25, -0.2) is 0 Å². The molecule has 0 aliphatic carbocycles. The van der Waals surface area contributed by atoms with Crippen molar-refractivity contribution in [3.05, 3.63) is 29.5 Å². The Hall–Kier alpha value is -1.97. The van der Waals surface area contributed by atoms with Crippen LogP contribution in [0.3, 0.4) is 0 Å². The van der Waals surface area contributed by atoms with Crippen LogP contribution in [0.5, 0.6) is 5.75 Å². The van der Waals surface area contributed by atoms with Gasteiger partial charge >= 0.3 is 0 Å². The van der Waals surface area contributed by atoms with Gasteiger partial charge in [0, 0.05) is 29.7 Å². The lowest BCUT2D eigenvalue weighted by Crippen LogP contribution is -2.40. The maximum atomic E-state index is 12.6. The third kappa shape index (κ3) is 2.82. The number of carbonyl (C=O) groups is 1. The molecule has 1 aliphatic heterocycles. The molecule has 1 saturated heterocycles. The molecule has 1 aromatic carbocycles. The Balaban J connectivity index is 1.86. The van der Waals surface area contributed by atoms with Crippen molar-refractivity contribution in [1.29, 1.82) is 0 Å². The van der Waals surface area contributed by atoms with Gasteiger partial charge in [0.2, 0.25) is 5.91 Å². The summed E-state index contributed by atoms with van der Waals surface area (Å²) in [7, 11) is 1.67. The van der Waals surface area contributed by atoms with E-state index < -0.39 is 0 Å². The lowest BCUT2D eigenvalue weighted by Gasteiger charge is -2.31. The topological polar surface area (TPSA) is 45.3 Å². The summed E-state index contributed by atoms with van der Waals surface area (Å²) < 4.78 is 5.31. The first-order valence-electron chi connectivity index (χ1n) is 8.01. The molecule has 0 radical (unpaired) electrons. The van der Waals surface area contributed by atoms with Gasteiger partial charge in [0.25, 0.3) is 0 Å². The van der Waals surface area contributed by atoms with Crippen LogP contribution in [0.4, 0.5) is 0 Å². The summed E-state index contributed by atoms with van der Waals surface area (Å²) in [6.45, 7) is 6.05. The summed E-state index contributed by atoms with van der Waals surface area (Å²) in [6, 6.07) is 5.97. The van der Waals surface area contributed by atoms with Crippen LogP contribution in [0.15, 0.2) is 18.2 Å². The number of piperidine rings is 1. The molecule has 4 nitrogen and oxygen atoms in total. The van der Waals surface area contributed by atoms with Crippen LogP contribution in [0.1, 0.15) is 31.0 Å². The Labute approximate surface area is 131 Å². The number of amides is 1. The quantitative estimate of drug-likeness (QED) is 0.945. The van der Waals surface area contributed by atoms with E-state index in [0.29, 0.717) is 12.3 Å². The molecule has 2 aromatic rings. The molecule has 1 atom stereocenters. The highest BCUT2D eigenvalue weighted by molar-refractivity contribution is 5.91. The molecule has 0 bridgehead atoms. The fourth-order valence-corrected chi connectivity index (χ4v) is 3.40. The fraction of sp³-hybridized carbons (Fsp3) is 0.500. The summed E-state index contributed by atoms with van der Waals surface area (Å²) in [5.74, 6) is 1.67. The molecule has 1 amide bonds. The first kappa shape index (κ1) is 14.9. The molecule has 1 aromatic heterocycles. The van der Waals surface area contributed by atoms with Gasteiger partial charge in [-0.15, -0.1) is 0 Å². The van der Waals surface area contributed by atoms with Gasteiger partial charge in [0.1, 0.15) is 5.75 Å². The van der Waals surface area contributed by atoms with Crippen LogP contribution in [0.2, 0.25) is 0 Å². The second-order valence-corrected chi connectivity index (χ2v) is 6.40. The number of methoxy groups -OCH3 is 1. The maximum Gasteiger partial charge on any atom is 0.227 e. The smallest absolute Gasteiger partial charge is 0.227 e. The number of nitrogens with one attached hydrogen (secondary N) is 1. The van der Waals surface area contributed by atoms with Crippen molar-refractivity contribution >= 4 is 16.8 Å².